The van der Waals surface area contributed by atoms with Crippen LogP contribution < -0.4 is 10.6 Å². The van der Waals surface area contributed by atoms with Crippen molar-refractivity contribution in [2.45, 2.75) is 5.92 Å². The van der Waals surface area contributed by atoms with Gasteiger partial charge in [-0.2, -0.15) is 0 Å². The van der Waals surface area contributed by atoms with E-state index in [1.54, 1.807) is 7.11 Å². The van der Waals surface area contributed by atoms with Crippen LogP contribution in [-0.4, -0.2) is 39.3 Å². The van der Waals surface area contributed by atoms with E-state index >= 15 is 0 Å². The molecule has 5 heteroatoms. The lowest BCUT2D eigenvalue weighted by molar-refractivity contribution is -0.120. The van der Waals surface area contributed by atoms with Crippen molar-refractivity contribution in [2.75, 3.05) is 33.4 Å². The summed E-state index contributed by atoms with van der Waals surface area (Å²) < 4.78 is 4.94. The Hall–Kier alpha value is -1.88. The van der Waals surface area contributed by atoms with E-state index in [0.717, 1.165) is 0 Å². The van der Waals surface area contributed by atoms with Crippen LogP contribution >= 0.6 is 12.4 Å². The number of methoxy groups -OCH3 is 1. The normalized spacial score (nSPS) is 10.2. The van der Waals surface area contributed by atoms with Gasteiger partial charge in [0.2, 0.25) is 5.91 Å². The highest BCUT2D eigenvalue weighted by molar-refractivity contribution is 5.85. The molecule has 0 atom stereocenters. The largest absolute Gasteiger partial charge is 0.383 e. The number of carbonyl (C=O) groups excluding carboxylic acids is 1. The first-order chi connectivity index (χ1) is 11.3. The van der Waals surface area contributed by atoms with Gasteiger partial charge in [0.15, 0.2) is 0 Å². The average molecular weight is 349 g/mol. The van der Waals surface area contributed by atoms with Crippen molar-refractivity contribution in [1.82, 2.24) is 10.6 Å². The zero-order valence-electron chi connectivity index (χ0n) is 13.9. The Morgan fingerprint density at radius 1 is 1.00 bits per heavy atom. The molecule has 130 valence electrons. The number of hydrogen-bond donors (Lipinski definition) is 2. The third-order valence-corrected chi connectivity index (χ3v) is 3.68. The topological polar surface area (TPSA) is 50.4 Å². The summed E-state index contributed by atoms with van der Waals surface area (Å²) in [6, 6.07) is 20.5. The second-order valence-electron chi connectivity index (χ2n) is 5.35. The number of ether oxygens (including phenoxy) is 1. The second kappa shape index (κ2) is 11.6. The van der Waals surface area contributed by atoms with Crippen LogP contribution in [0.25, 0.3) is 0 Å². The predicted molar refractivity (Wildman–Crippen MR) is 99.7 cm³/mol. The molecule has 2 aromatic carbocycles. The van der Waals surface area contributed by atoms with Gasteiger partial charge in [0, 0.05) is 26.1 Å². The number of nitrogens with one attached hydrogen (secondary N) is 2. The van der Waals surface area contributed by atoms with Crippen LogP contribution in [0.15, 0.2) is 60.7 Å². The van der Waals surface area contributed by atoms with E-state index in [1.165, 1.54) is 11.1 Å². The molecule has 0 unspecified atom stereocenters. The Balaban J connectivity index is 0.00000288. The van der Waals surface area contributed by atoms with Crippen LogP contribution in [0.2, 0.25) is 0 Å². The third kappa shape index (κ3) is 6.71. The standard InChI is InChI=1S/C19H24N2O2.ClH/c1-23-13-12-20-15-19(22)21-14-18(16-8-4-2-5-9-16)17-10-6-3-7-11-17;/h2-11,18,20H,12-15H2,1H3,(H,21,22);1H. The van der Waals surface area contributed by atoms with Gasteiger partial charge in [0.1, 0.15) is 0 Å². The summed E-state index contributed by atoms with van der Waals surface area (Å²) in [7, 11) is 1.64. The molecule has 0 fully saturated rings. The van der Waals surface area contributed by atoms with Crippen molar-refractivity contribution >= 4 is 18.3 Å². The first-order valence-electron chi connectivity index (χ1n) is 7.87. The van der Waals surface area contributed by atoms with Gasteiger partial charge in [-0.25, -0.2) is 0 Å². The molecule has 24 heavy (non-hydrogen) atoms. The Kier molecular flexibility index (Phi) is 9.77. The quantitative estimate of drug-likeness (QED) is 0.685. The maximum atomic E-state index is 12.0. The summed E-state index contributed by atoms with van der Waals surface area (Å²) >= 11 is 0. The number of benzene rings is 2. The fourth-order valence-electron chi connectivity index (χ4n) is 2.45. The summed E-state index contributed by atoms with van der Waals surface area (Å²) in [5.74, 6) is 0.151. The van der Waals surface area contributed by atoms with E-state index in [1.807, 2.05) is 36.4 Å². The summed E-state index contributed by atoms with van der Waals surface area (Å²) in [6.45, 7) is 2.16. The lowest BCUT2D eigenvalue weighted by Gasteiger charge is -2.19. The van der Waals surface area contributed by atoms with E-state index in [-0.39, 0.29) is 24.2 Å². The zero-order valence-corrected chi connectivity index (χ0v) is 14.7. The van der Waals surface area contributed by atoms with Crippen LogP contribution in [-0.2, 0) is 9.53 Å². The van der Waals surface area contributed by atoms with Gasteiger partial charge < -0.3 is 15.4 Å². The van der Waals surface area contributed by atoms with Crippen LogP contribution in [0, 0.1) is 0 Å². The molecule has 0 heterocycles. The predicted octanol–water partition coefficient (Wildman–Crippen LogP) is 2.59. The van der Waals surface area contributed by atoms with Gasteiger partial charge >= 0.3 is 0 Å². The van der Waals surface area contributed by atoms with E-state index in [2.05, 4.69) is 34.9 Å². The minimum Gasteiger partial charge on any atom is -0.383 e. The molecule has 0 aliphatic carbocycles. The highest BCUT2D eigenvalue weighted by atomic mass is 35.5. The lowest BCUT2D eigenvalue weighted by Crippen LogP contribution is -2.37. The Morgan fingerprint density at radius 2 is 1.54 bits per heavy atom. The van der Waals surface area contributed by atoms with Crippen molar-refractivity contribution in [1.29, 1.82) is 0 Å². The zero-order chi connectivity index (χ0) is 16.3. The number of amides is 1. The number of rotatable bonds is 9. The Morgan fingerprint density at radius 3 is 2.04 bits per heavy atom. The molecule has 2 N–H and O–H groups in total. The fraction of sp³-hybridized carbons (Fsp3) is 0.316. The molecule has 0 bridgehead atoms. The second-order valence-corrected chi connectivity index (χ2v) is 5.35. The minimum absolute atomic E-state index is 0. The van der Waals surface area contributed by atoms with Gasteiger partial charge in [-0.05, 0) is 11.1 Å². The molecule has 1 amide bonds. The molecule has 0 aliphatic rings. The Labute approximate surface area is 150 Å². The molecule has 0 saturated heterocycles. The molecule has 0 radical (unpaired) electrons. The molecule has 0 spiro atoms. The van der Waals surface area contributed by atoms with Gasteiger partial charge in [0.05, 0.1) is 13.2 Å². The van der Waals surface area contributed by atoms with Crippen molar-refractivity contribution in [3.05, 3.63) is 71.8 Å². The van der Waals surface area contributed by atoms with Crippen molar-refractivity contribution in [2.24, 2.45) is 0 Å². The van der Waals surface area contributed by atoms with E-state index in [4.69, 9.17) is 4.74 Å². The van der Waals surface area contributed by atoms with Gasteiger partial charge in [-0.15, -0.1) is 12.4 Å². The summed E-state index contributed by atoms with van der Waals surface area (Å²) in [5.41, 5.74) is 2.40. The van der Waals surface area contributed by atoms with Crippen LogP contribution in [0.4, 0.5) is 0 Å². The smallest absolute Gasteiger partial charge is 0.233 e. The third-order valence-electron chi connectivity index (χ3n) is 3.68. The number of hydrogen-bond acceptors (Lipinski definition) is 3. The van der Waals surface area contributed by atoms with E-state index in [0.29, 0.717) is 26.2 Å². The van der Waals surface area contributed by atoms with Gasteiger partial charge in [-0.3, -0.25) is 4.79 Å². The molecule has 4 nitrogen and oxygen atoms in total. The molecular weight excluding hydrogens is 324 g/mol. The van der Waals surface area contributed by atoms with Gasteiger partial charge in [0.25, 0.3) is 0 Å². The molecule has 0 aromatic heterocycles. The SMILES string of the molecule is COCCNCC(=O)NCC(c1ccccc1)c1ccccc1.Cl. The monoisotopic (exact) mass is 348 g/mol. The van der Waals surface area contributed by atoms with Crippen molar-refractivity contribution in [3.63, 3.8) is 0 Å². The fourth-order valence-corrected chi connectivity index (χ4v) is 2.45. The lowest BCUT2D eigenvalue weighted by atomic mass is 9.91. The van der Waals surface area contributed by atoms with Crippen LogP contribution in [0.3, 0.4) is 0 Å². The summed E-state index contributed by atoms with van der Waals surface area (Å²) in [6.07, 6.45) is 0. The highest BCUT2D eigenvalue weighted by Gasteiger charge is 2.14. The minimum atomic E-state index is -0.00188. The summed E-state index contributed by atoms with van der Waals surface area (Å²) in [5, 5.41) is 6.07. The van der Waals surface area contributed by atoms with Gasteiger partial charge in [-0.1, -0.05) is 60.7 Å². The molecule has 0 aliphatic heterocycles. The average Bonchev–Trinajstić information content (AvgIpc) is 2.61. The molecule has 2 rings (SSSR count). The molecule has 0 saturated carbocycles. The number of halogens is 1. The number of carbonyl (C=O) groups is 1. The molecular formula is C19H25ClN2O2. The van der Waals surface area contributed by atoms with Crippen LogP contribution in [0.1, 0.15) is 17.0 Å². The van der Waals surface area contributed by atoms with E-state index < -0.39 is 0 Å². The van der Waals surface area contributed by atoms with Crippen molar-refractivity contribution in [3.8, 4) is 0 Å². The molecule has 2 aromatic rings. The summed E-state index contributed by atoms with van der Waals surface area (Å²) in [4.78, 5) is 12.0. The van der Waals surface area contributed by atoms with Crippen molar-refractivity contribution < 1.29 is 9.53 Å². The van der Waals surface area contributed by atoms with Crippen LogP contribution in [0.5, 0.6) is 0 Å². The Bertz CT molecular complexity index is 539. The maximum Gasteiger partial charge on any atom is 0.233 e. The first kappa shape index (κ1) is 20.2. The highest BCUT2D eigenvalue weighted by Crippen LogP contribution is 2.23. The first-order valence-corrected chi connectivity index (χ1v) is 7.87. The van der Waals surface area contributed by atoms with E-state index in [9.17, 15) is 4.79 Å². The maximum absolute atomic E-state index is 12.0.